The molecule has 0 aromatic carbocycles. The van der Waals surface area contributed by atoms with Crippen LogP contribution in [0.4, 0.5) is 0 Å². The van der Waals surface area contributed by atoms with E-state index in [2.05, 4.69) is 13.8 Å². The van der Waals surface area contributed by atoms with Gasteiger partial charge in [0.1, 0.15) is 0 Å². The molecule has 0 radical (unpaired) electrons. The van der Waals surface area contributed by atoms with Gasteiger partial charge in [0, 0.05) is 6.42 Å². The molecule has 0 aromatic rings. The normalized spacial score (nSPS) is 38.6. The van der Waals surface area contributed by atoms with Crippen LogP contribution in [0.3, 0.4) is 0 Å². The molecule has 0 bridgehead atoms. The Bertz CT molecular complexity index is 362. The van der Waals surface area contributed by atoms with Crippen LogP contribution in [-0.4, -0.2) is 16.5 Å². The first-order valence-electron chi connectivity index (χ1n) is 6.70. The predicted octanol–water partition coefficient (Wildman–Crippen LogP) is 3.10. The minimum absolute atomic E-state index is 0.179. The molecule has 96 valence electrons. The molecule has 1 N–H and O–H groups in total. The zero-order valence-corrected chi connectivity index (χ0v) is 11.4. The van der Waals surface area contributed by atoms with Crippen molar-refractivity contribution in [3.05, 3.63) is 11.6 Å². The van der Waals surface area contributed by atoms with Gasteiger partial charge in [-0.05, 0) is 63.4 Å². The molecule has 0 amide bonds. The van der Waals surface area contributed by atoms with Crippen LogP contribution in [0.5, 0.6) is 0 Å². The number of carbonyl (C=O) groups excluding carboxylic acids is 1. The topological polar surface area (TPSA) is 37.3 Å². The molecular formula is C15H24O2. The van der Waals surface area contributed by atoms with Gasteiger partial charge in [0.25, 0.3) is 0 Å². The van der Waals surface area contributed by atoms with E-state index in [-0.39, 0.29) is 11.2 Å². The van der Waals surface area contributed by atoms with Crippen LogP contribution in [0.1, 0.15) is 53.4 Å². The quantitative estimate of drug-likeness (QED) is 0.759. The number of rotatable bonds is 1. The zero-order chi connectivity index (χ0) is 12.8. The van der Waals surface area contributed by atoms with Gasteiger partial charge in [-0.25, -0.2) is 0 Å². The van der Waals surface area contributed by atoms with Gasteiger partial charge >= 0.3 is 0 Å². The Balaban J connectivity index is 2.27. The highest BCUT2D eigenvalue weighted by atomic mass is 16.3. The molecule has 1 saturated carbocycles. The second kappa shape index (κ2) is 3.94. The lowest BCUT2D eigenvalue weighted by Crippen LogP contribution is -2.35. The second-order valence-electron chi connectivity index (χ2n) is 6.65. The summed E-state index contributed by atoms with van der Waals surface area (Å²) in [6.07, 6.45) is 5.75. The van der Waals surface area contributed by atoms with Crippen molar-refractivity contribution in [2.45, 2.75) is 59.0 Å². The van der Waals surface area contributed by atoms with Crippen molar-refractivity contribution in [2.75, 3.05) is 0 Å². The highest BCUT2D eigenvalue weighted by molar-refractivity contribution is 5.91. The van der Waals surface area contributed by atoms with Crippen LogP contribution in [0.25, 0.3) is 0 Å². The third-order valence-electron chi connectivity index (χ3n) is 5.16. The number of carbonyl (C=O) groups is 1. The number of aliphatic hydroxyl groups is 1. The van der Waals surface area contributed by atoms with E-state index in [1.54, 1.807) is 0 Å². The summed E-state index contributed by atoms with van der Waals surface area (Å²) in [5, 5.41) is 10.2. The summed E-state index contributed by atoms with van der Waals surface area (Å²) in [6.45, 7) is 8.12. The summed E-state index contributed by atoms with van der Waals surface area (Å²) < 4.78 is 0. The maximum absolute atomic E-state index is 11.6. The van der Waals surface area contributed by atoms with E-state index in [9.17, 15) is 9.90 Å². The minimum atomic E-state index is -0.592. The second-order valence-corrected chi connectivity index (χ2v) is 6.65. The maximum atomic E-state index is 11.6. The molecule has 2 rings (SSSR count). The molecule has 0 aliphatic heterocycles. The van der Waals surface area contributed by atoms with Gasteiger partial charge in [-0.15, -0.1) is 0 Å². The third-order valence-corrected chi connectivity index (χ3v) is 5.16. The third kappa shape index (κ3) is 2.08. The Morgan fingerprint density at radius 2 is 2.12 bits per heavy atom. The summed E-state index contributed by atoms with van der Waals surface area (Å²) >= 11 is 0. The van der Waals surface area contributed by atoms with Gasteiger partial charge < -0.3 is 5.11 Å². The highest BCUT2D eigenvalue weighted by Gasteiger charge is 2.49. The van der Waals surface area contributed by atoms with E-state index < -0.39 is 5.60 Å². The van der Waals surface area contributed by atoms with Crippen molar-refractivity contribution in [1.82, 2.24) is 0 Å². The summed E-state index contributed by atoms with van der Waals surface area (Å²) in [4.78, 5) is 11.6. The Labute approximate surface area is 104 Å². The molecule has 0 aromatic heterocycles. The number of allylic oxidation sites excluding steroid dienone is 2. The Kier molecular flexibility index (Phi) is 2.97. The van der Waals surface area contributed by atoms with E-state index >= 15 is 0 Å². The van der Waals surface area contributed by atoms with Crippen molar-refractivity contribution in [1.29, 1.82) is 0 Å². The van der Waals surface area contributed by atoms with Crippen molar-refractivity contribution in [3.63, 3.8) is 0 Å². The summed E-state index contributed by atoms with van der Waals surface area (Å²) in [6, 6.07) is 0. The Morgan fingerprint density at radius 1 is 1.47 bits per heavy atom. The number of hydrogen-bond donors (Lipinski definition) is 1. The zero-order valence-electron chi connectivity index (χ0n) is 11.4. The van der Waals surface area contributed by atoms with Crippen molar-refractivity contribution in [3.8, 4) is 0 Å². The first-order chi connectivity index (χ1) is 7.75. The monoisotopic (exact) mass is 236 g/mol. The van der Waals surface area contributed by atoms with Gasteiger partial charge in [0.05, 0.1) is 5.60 Å². The summed E-state index contributed by atoms with van der Waals surface area (Å²) in [7, 11) is 0. The van der Waals surface area contributed by atoms with Crippen LogP contribution >= 0.6 is 0 Å². The SMILES string of the molecule is CC1=CC(=O)C[C@H](C)[C@@]12CC[C@@H](C(C)(C)O)C2. The lowest BCUT2D eigenvalue weighted by atomic mass is 9.64. The molecule has 0 unspecified atom stereocenters. The highest BCUT2D eigenvalue weighted by Crippen LogP contribution is 2.56. The van der Waals surface area contributed by atoms with Gasteiger partial charge in [-0.3, -0.25) is 4.79 Å². The molecule has 17 heavy (non-hydrogen) atoms. The van der Waals surface area contributed by atoms with Crippen LogP contribution in [0.2, 0.25) is 0 Å². The molecule has 1 spiro atoms. The van der Waals surface area contributed by atoms with Gasteiger partial charge in [0.2, 0.25) is 0 Å². The lowest BCUT2D eigenvalue weighted by molar-refractivity contribution is -0.117. The van der Waals surface area contributed by atoms with Crippen molar-refractivity contribution < 1.29 is 9.90 Å². The van der Waals surface area contributed by atoms with Crippen LogP contribution in [0.15, 0.2) is 11.6 Å². The van der Waals surface area contributed by atoms with E-state index in [1.165, 1.54) is 5.57 Å². The summed E-state index contributed by atoms with van der Waals surface area (Å²) in [5.41, 5.74) is 0.830. The van der Waals surface area contributed by atoms with E-state index in [0.29, 0.717) is 18.3 Å². The Morgan fingerprint density at radius 3 is 2.59 bits per heavy atom. The Hall–Kier alpha value is -0.630. The average Bonchev–Trinajstić information content (AvgIpc) is 2.59. The van der Waals surface area contributed by atoms with Crippen LogP contribution in [0, 0.1) is 17.3 Å². The first-order valence-corrected chi connectivity index (χ1v) is 6.70. The lowest BCUT2D eigenvalue weighted by Gasteiger charge is -2.40. The fraction of sp³-hybridized carbons (Fsp3) is 0.800. The largest absolute Gasteiger partial charge is 0.390 e. The van der Waals surface area contributed by atoms with E-state index in [0.717, 1.165) is 19.3 Å². The van der Waals surface area contributed by atoms with Gasteiger partial charge in [-0.1, -0.05) is 12.5 Å². The van der Waals surface area contributed by atoms with E-state index in [1.807, 2.05) is 19.9 Å². The first kappa shape index (κ1) is 12.8. The van der Waals surface area contributed by atoms with Crippen molar-refractivity contribution in [2.24, 2.45) is 17.3 Å². The predicted molar refractivity (Wildman–Crippen MR) is 68.6 cm³/mol. The van der Waals surface area contributed by atoms with Gasteiger partial charge in [-0.2, -0.15) is 0 Å². The fourth-order valence-electron chi connectivity index (χ4n) is 3.81. The average molecular weight is 236 g/mol. The smallest absolute Gasteiger partial charge is 0.155 e. The van der Waals surface area contributed by atoms with E-state index in [4.69, 9.17) is 0 Å². The molecule has 3 atom stereocenters. The molecule has 2 aliphatic rings. The van der Waals surface area contributed by atoms with Crippen molar-refractivity contribution >= 4 is 5.78 Å². The molecule has 2 nitrogen and oxygen atoms in total. The molecule has 0 saturated heterocycles. The van der Waals surface area contributed by atoms with Gasteiger partial charge in [0.15, 0.2) is 5.78 Å². The number of ketones is 1. The molecule has 2 aliphatic carbocycles. The summed E-state index contributed by atoms with van der Waals surface area (Å²) in [5.74, 6) is 1.06. The minimum Gasteiger partial charge on any atom is -0.390 e. The fourth-order valence-corrected chi connectivity index (χ4v) is 3.81. The van der Waals surface area contributed by atoms with Crippen LogP contribution < -0.4 is 0 Å². The van der Waals surface area contributed by atoms with Crippen LogP contribution in [-0.2, 0) is 4.79 Å². The standard InChI is InChI=1S/C15H24O2/c1-10-7-13(16)8-11(2)15(10)6-5-12(9-15)14(3,4)17/h7,11-12,17H,5-6,8-9H2,1-4H3/t11-,12+,15+/m0/s1. The maximum Gasteiger partial charge on any atom is 0.155 e. The number of hydrogen-bond acceptors (Lipinski definition) is 2. The molecule has 1 fully saturated rings. The molecular weight excluding hydrogens is 212 g/mol. The molecule has 2 heteroatoms. The molecule has 0 heterocycles.